The predicted molar refractivity (Wildman–Crippen MR) is 82.2 cm³/mol. The van der Waals surface area contributed by atoms with E-state index in [0.717, 1.165) is 24.4 Å². The van der Waals surface area contributed by atoms with Crippen LogP contribution >= 0.6 is 0 Å². The molecule has 1 aromatic heterocycles. The number of nitrogens with two attached hydrogens (primary N) is 1. The lowest BCUT2D eigenvalue weighted by molar-refractivity contribution is 0.0925. The quantitative estimate of drug-likeness (QED) is 0.402. The fourth-order valence-electron chi connectivity index (χ4n) is 2.15. The van der Waals surface area contributed by atoms with Crippen molar-refractivity contribution in [2.75, 3.05) is 19.6 Å². The van der Waals surface area contributed by atoms with Crippen molar-refractivity contribution in [1.29, 1.82) is 0 Å². The first-order chi connectivity index (χ1) is 10.2. The average molecular weight is 292 g/mol. The molecule has 0 aliphatic heterocycles. The number of carbonyl (C=O) groups excluding carboxylic acids is 1. The number of nitrogens with one attached hydrogen (secondary N) is 2. The van der Waals surface area contributed by atoms with Crippen LogP contribution in [0.25, 0.3) is 0 Å². The minimum atomic E-state index is -0.177. The maximum Gasteiger partial charge on any atom is 0.287 e. The summed E-state index contributed by atoms with van der Waals surface area (Å²) < 4.78 is 5.12. The van der Waals surface area contributed by atoms with E-state index in [4.69, 9.17) is 10.2 Å². The number of aliphatic imine (C=N–C) groups is 1. The minimum Gasteiger partial charge on any atom is -0.459 e. The van der Waals surface area contributed by atoms with Gasteiger partial charge in [0.25, 0.3) is 5.91 Å². The van der Waals surface area contributed by atoms with Gasteiger partial charge in [-0.3, -0.25) is 9.79 Å². The van der Waals surface area contributed by atoms with Gasteiger partial charge in [-0.15, -0.1) is 0 Å². The van der Waals surface area contributed by atoms with E-state index in [1.54, 1.807) is 6.07 Å². The Morgan fingerprint density at radius 2 is 2.19 bits per heavy atom. The van der Waals surface area contributed by atoms with E-state index in [0.29, 0.717) is 24.8 Å². The van der Waals surface area contributed by atoms with Crippen molar-refractivity contribution in [3.05, 3.63) is 23.7 Å². The van der Waals surface area contributed by atoms with Crippen LogP contribution in [0.2, 0.25) is 0 Å². The standard InChI is InChI=1S/C15H24N4O2/c1-11-6-9-21-13(11)14(20)17-7-3-8-18-15(16)19-10-12-4-2-5-12/h6,9,12H,2-5,7-8,10H2,1H3,(H,17,20)(H3,16,18,19). The Kier molecular flexibility index (Phi) is 5.66. The topological polar surface area (TPSA) is 92.7 Å². The third-order valence-electron chi connectivity index (χ3n) is 3.76. The molecule has 21 heavy (non-hydrogen) atoms. The maximum absolute atomic E-state index is 11.8. The lowest BCUT2D eigenvalue weighted by atomic mass is 9.86. The Bertz CT molecular complexity index is 492. The van der Waals surface area contributed by atoms with E-state index >= 15 is 0 Å². The first kappa shape index (κ1) is 15.4. The number of nitrogens with zero attached hydrogens (tertiary/aromatic N) is 1. The molecule has 1 heterocycles. The van der Waals surface area contributed by atoms with Crippen LogP contribution in [0, 0.1) is 12.8 Å². The van der Waals surface area contributed by atoms with Crippen LogP contribution in [-0.2, 0) is 0 Å². The van der Waals surface area contributed by atoms with E-state index in [1.165, 1.54) is 25.5 Å². The molecule has 0 bridgehead atoms. The molecule has 1 fully saturated rings. The second kappa shape index (κ2) is 7.71. The molecule has 6 nitrogen and oxygen atoms in total. The zero-order valence-electron chi connectivity index (χ0n) is 12.5. The van der Waals surface area contributed by atoms with E-state index in [2.05, 4.69) is 15.6 Å². The molecule has 2 rings (SSSR count). The first-order valence-electron chi connectivity index (χ1n) is 7.53. The summed E-state index contributed by atoms with van der Waals surface area (Å²) in [6.07, 6.45) is 6.17. The molecule has 1 saturated carbocycles. The van der Waals surface area contributed by atoms with Crippen molar-refractivity contribution in [1.82, 2.24) is 10.6 Å². The fraction of sp³-hybridized carbons (Fsp3) is 0.600. The van der Waals surface area contributed by atoms with Crippen LogP contribution in [0.15, 0.2) is 21.7 Å². The van der Waals surface area contributed by atoms with E-state index in [-0.39, 0.29) is 5.91 Å². The van der Waals surface area contributed by atoms with Crippen LogP contribution < -0.4 is 16.4 Å². The average Bonchev–Trinajstić information content (AvgIpc) is 2.82. The number of aryl methyl sites for hydroxylation is 1. The van der Waals surface area contributed by atoms with Crippen molar-refractivity contribution < 1.29 is 9.21 Å². The third kappa shape index (κ3) is 4.81. The van der Waals surface area contributed by atoms with Crippen molar-refractivity contribution in [2.45, 2.75) is 32.6 Å². The number of guanidine groups is 1. The molecular formula is C15H24N4O2. The van der Waals surface area contributed by atoms with Gasteiger partial charge in [0.05, 0.1) is 6.26 Å². The Balaban J connectivity index is 1.55. The van der Waals surface area contributed by atoms with Crippen molar-refractivity contribution in [2.24, 2.45) is 16.6 Å². The normalized spacial score (nSPS) is 15.6. The largest absolute Gasteiger partial charge is 0.459 e. The maximum atomic E-state index is 11.8. The first-order valence-corrected chi connectivity index (χ1v) is 7.53. The summed E-state index contributed by atoms with van der Waals surface area (Å²) in [6, 6.07) is 1.77. The van der Waals surface area contributed by atoms with Gasteiger partial charge in [0.2, 0.25) is 0 Å². The molecule has 1 amide bonds. The van der Waals surface area contributed by atoms with Gasteiger partial charge >= 0.3 is 0 Å². The molecule has 0 spiro atoms. The molecule has 0 radical (unpaired) electrons. The smallest absolute Gasteiger partial charge is 0.287 e. The highest BCUT2D eigenvalue weighted by Crippen LogP contribution is 2.26. The number of hydrogen-bond acceptors (Lipinski definition) is 3. The molecule has 0 saturated heterocycles. The molecule has 0 aromatic carbocycles. The zero-order valence-corrected chi connectivity index (χ0v) is 12.5. The highest BCUT2D eigenvalue weighted by atomic mass is 16.3. The van der Waals surface area contributed by atoms with Gasteiger partial charge in [0.15, 0.2) is 11.7 Å². The Labute approximate surface area is 125 Å². The van der Waals surface area contributed by atoms with Crippen LogP contribution in [-0.4, -0.2) is 31.5 Å². The SMILES string of the molecule is Cc1ccoc1C(=O)NCCCNC(N)=NCC1CCC1. The summed E-state index contributed by atoms with van der Waals surface area (Å²) in [7, 11) is 0. The van der Waals surface area contributed by atoms with Crippen molar-refractivity contribution in [3.63, 3.8) is 0 Å². The number of carbonyl (C=O) groups is 1. The molecule has 4 N–H and O–H groups in total. The summed E-state index contributed by atoms with van der Waals surface area (Å²) in [5, 5.41) is 5.87. The second-order valence-corrected chi connectivity index (χ2v) is 5.49. The predicted octanol–water partition coefficient (Wildman–Crippen LogP) is 1.41. The van der Waals surface area contributed by atoms with Gasteiger partial charge < -0.3 is 20.8 Å². The van der Waals surface area contributed by atoms with Gasteiger partial charge in [0, 0.05) is 25.2 Å². The molecule has 116 valence electrons. The summed E-state index contributed by atoms with van der Waals surface area (Å²) in [5.41, 5.74) is 6.62. The van der Waals surface area contributed by atoms with Crippen LogP contribution in [0.1, 0.15) is 41.8 Å². The Morgan fingerprint density at radius 3 is 2.81 bits per heavy atom. The number of furan rings is 1. The molecule has 1 aliphatic rings. The molecular weight excluding hydrogens is 268 g/mol. The summed E-state index contributed by atoms with van der Waals surface area (Å²) in [6.45, 7) is 3.94. The number of hydrogen-bond donors (Lipinski definition) is 3. The van der Waals surface area contributed by atoms with Gasteiger partial charge in [-0.05, 0) is 38.2 Å². The second-order valence-electron chi connectivity index (χ2n) is 5.49. The Hall–Kier alpha value is -1.98. The van der Waals surface area contributed by atoms with Crippen molar-refractivity contribution >= 4 is 11.9 Å². The highest BCUT2D eigenvalue weighted by molar-refractivity contribution is 5.92. The summed E-state index contributed by atoms with van der Waals surface area (Å²) in [5.74, 6) is 1.42. The van der Waals surface area contributed by atoms with E-state index < -0.39 is 0 Å². The Morgan fingerprint density at radius 1 is 1.43 bits per heavy atom. The highest BCUT2D eigenvalue weighted by Gasteiger charge is 2.16. The third-order valence-corrected chi connectivity index (χ3v) is 3.76. The van der Waals surface area contributed by atoms with Crippen LogP contribution in [0.5, 0.6) is 0 Å². The lowest BCUT2D eigenvalue weighted by Crippen LogP contribution is -2.35. The number of amides is 1. The molecule has 1 aliphatic carbocycles. The van der Waals surface area contributed by atoms with Gasteiger partial charge in [-0.25, -0.2) is 0 Å². The number of rotatable bonds is 7. The molecule has 1 aromatic rings. The summed E-state index contributed by atoms with van der Waals surface area (Å²) in [4.78, 5) is 16.1. The van der Waals surface area contributed by atoms with Gasteiger partial charge in [0.1, 0.15) is 0 Å². The van der Waals surface area contributed by atoms with Crippen LogP contribution in [0.4, 0.5) is 0 Å². The summed E-state index contributed by atoms with van der Waals surface area (Å²) >= 11 is 0. The van der Waals surface area contributed by atoms with Gasteiger partial charge in [-0.1, -0.05) is 6.42 Å². The van der Waals surface area contributed by atoms with E-state index in [1.807, 2.05) is 6.92 Å². The lowest BCUT2D eigenvalue weighted by Gasteiger charge is -2.23. The van der Waals surface area contributed by atoms with Crippen LogP contribution in [0.3, 0.4) is 0 Å². The van der Waals surface area contributed by atoms with Crippen molar-refractivity contribution in [3.8, 4) is 0 Å². The molecule has 6 heteroatoms. The van der Waals surface area contributed by atoms with E-state index in [9.17, 15) is 4.79 Å². The zero-order chi connectivity index (χ0) is 15.1. The van der Waals surface area contributed by atoms with Gasteiger partial charge in [-0.2, -0.15) is 0 Å². The fourth-order valence-corrected chi connectivity index (χ4v) is 2.15. The molecule has 0 atom stereocenters. The minimum absolute atomic E-state index is 0.177. The molecule has 0 unspecified atom stereocenters. The monoisotopic (exact) mass is 292 g/mol.